The second-order valence-electron chi connectivity index (χ2n) is 9.55. The zero-order valence-corrected chi connectivity index (χ0v) is 16.8. The van der Waals surface area contributed by atoms with Crippen LogP contribution in [-0.4, -0.2) is 28.0 Å². The van der Waals surface area contributed by atoms with Crippen molar-refractivity contribution in [3.8, 4) is 0 Å². The monoisotopic (exact) mass is 343 g/mol. The van der Waals surface area contributed by atoms with E-state index in [2.05, 4.69) is 51.4 Å². The quantitative estimate of drug-likeness (QED) is 0.827. The third-order valence-electron chi connectivity index (χ3n) is 5.93. The van der Waals surface area contributed by atoms with E-state index in [0.29, 0.717) is 0 Å². The zero-order chi connectivity index (χ0) is 18.4. The molecule has 1 aromatic heterocycles. The smallest absolute Gasteiger partial charge is 0.255 e. The predicted molar refractivity (Wildman–Crippen MR) is 103 cm³/mol. The van der Waals surface area contributed by atoms with Gasteiger partial charge in [-0.1, -0.05) is 45.8 Å². The number of hydrogen-bond donors (Lipinski definition) is 1. The molecule has 1 aromatic rings. The number of rotatable bonds is 2. The van der Waals surface area contributed by atoms with Gasteiger partial charge in [0.25, 0.3) is 5.56 Å². The van der Waals surface area contributed by atoms with Crippen molar-refractivity contribution in [3.05, 3.63) is 38.6 Å². The minimum Gasteiger partial charge on any atom is -0.310 e. The van der Waals surface area contributed by atoms with Gasteiger partial charge < -0.3 is 4.98 Å². The van der Waals surface area contributed by atoms with E-state index in [9.17, 15) is 4.79 Å². The van der Waals surface area contributed by atoms with Gasteiger partial charge in [0.2, 0.25) is 0 Å². The van der Waals surface area contributed by atoms with Crippen LogP contribution in [-0.2, 0) is 18.4 Å². The van der Waals surface area contributed by atoms with Crippen LogP contribution in [0.4, 0.5) is 0 Å². The summed E-state index contributed by atoms with van der Waals surface area (Å²) in [5.74, 6) is 0.802. The normalized spacial score (nSPS) is 21.4. The molecule has 0 unspecified atom stereocenters. The van der Waals surface area contributed by atoms with Crippen LogP contribution in [0.3, 0.4) is 0 Å². The fourth-order valence-corrected chi connectivity index (χ4v) is 4.22. The molecule has 1 aliphatic heterocycles. The summed E-state index contributed by atoms with van der Waals surface area (Å²) < 4.78 is 0. The van der Waals surface area contributed by atoms with Gasteiger partial charge in [0.05, 0.1) is 11.3 Å². The molecule has 2 aliphatic rings. The second-order valence-corrected chi connectivity index (χ2v) is 9.55. The zero-order valence-electron chi connectivity index (χ0n) is 16.8. The molecule has 0 saturated carbocycles. The predicted octanol–water partition coefficient (Wildman–Crippen LogP) is 3.95. The number of nitrogens with one attached hydrogen (secondary N) is 1. The number of H-pyrrole nitrogens is 1. The van der Waals surface area contributed by atoms with Gasteiger partial charge in [-0.25, -0.2) is 4.98 Å². The van der Waals surface area contributed by atoms with Gasteiger partial charge in [-0.15, -0.1) is 0 Å². The molecular formula is C21H33N3O. The van der Waals surface area contributed by atoms with Gasteiger partial charge in [-0.3, -0.25) is 9.69 Å². The maximum absolute atomic E-state index is 12.6. The molecule has 0 radical (unpaired) electrons. The summed E-state index contributed by atoms with van der Waals surface area (Å²) in [6, 6.07) is 0. The standard InChI is InChI=1S/C21H33N3O/c1-14-8-7-10-21(5,6)16(14)13-24-11-9-17-15(12-24)18(25)23-19(22-17)20(2,3)4/h7-13H2,1-6H3,(H,22,23,25). The first-order chi connectivity index (χ1) is 11.6. The van der Waals surface area contributed by atoms with Crippen molar-refractivity contribution in [3.63, 3.8) is 0 Å². The first kappa shape index (κ1) is 18.4. The van der Waals surface area contributed by atoms with Crippen molar-refractivity contribution in [1.82, 2.24) is 14.9 Å². The first-order valence-electron chi connectivity index (χ1n) is 9.62. The molecule has 0 bridgehead atoms. The molecule has 0 atom stereocenters. The average molecular weight is 344 g/mol. The summed E-state index contributed by atoms with van der Waals surface area (Å²) in [4.78, 5) is 22.9. The Morgan fingerprint density at radius 3 is 2.60 bits per heavy atom. The number of aromatic amines is 1. The number of hydrogen-bond acceptors (Lipinski definition) is 3. The van der Waals surface area contributed by atoms with E-state index >= 15 is 0 Å². The summed E-state index contributed by atoms with van der Waals surface area (Å²) in [7, 11) is 0. The largest absolute Gasteiger partial charge is 0.310 e. The average Bonchev–Trinajstić information content (AvgIpc) is 2.50. The third-order valence-corrected chi connectivity index (χ3v) is 5.93. The van der Waals surface area contributed by atoms with Crippen LogP contribution < -0.4 is 5.56 Å². The molecule has 3 rings (SSSR count). The Labute approximate surface area is 151 Å². The van der Waals surface area contributed by atoms with E-state index in [0.717, 1.165) is 43.1 Å². The lowest BCUT2D eigenvalue weighted by Gasteiger charge is -2.38. The van der Waals surface area contributed by atoms with Crippen LogP contribution in [0.2, 0.25) is 0 Å². The fraction of sp³-hybridized carbons (Fsp3) is 0.714. The van der Waals surface area contributed by atoms with Gasteiger partial charge in [-0.2, -0.15) is 0 Å². The number of aromatic nitrogens is 2. The summed E-state index contributed by atoms with van der Waals surface area (Å²) in [5.41, 5.74) is 5.20. The van der Waals surface area contributed by atoms with E-state index < -0.39 is 0 Å². The topological polar surface area (TPSA) is 49.0 Å². The van der Waals surface area contributed by atoms with Crippen LogP contribution in [0.15, 0.2) is 15.9 Å². The lowest BCUT2D eigenvalue weighted by atomic mass is 9.72. The molecule has 0 fully saturated rings. The summed E-state index contributed by atoms with van der Waals surface area (Å²) in [6.45, 7) is 16.0. The van der Waals surface area contributed by atoms with Crippen molar-refractivity contribution < 1.29 is 0 Å². The number of fused-ring (bicyclic) bond motifs is 1. The van der Waals surface area contributed by atoms with Crippen LogP contribution in [0.1, 0.15) is 77.9 Å². The molecule has 1 aliphatic carbocycles. The number of nitrogens with zero attached hydrogens (tertiary/aromatic N) is 2. The molecule has 4 nitrogen and oxygen atoms in total. The lowest BCUT2D eigenvalue weighted by molar-refractivity contribution is 0.238. The van der Waals surface area contributed by atoms with Gasteiger partial charge in [0.15, 0.2) is 0 Å². The summed E-state index contributed by atoms with van der Waals surface area (Å²) in [6.07, 6.45) is 4.65. The van der Waals surface area contributed by atoms with Crippen molar-refractivity contribution in [2.75, 3.05) is 13.1 Å². The van der Waals surface area contributed by atoms with Crippen LogP contribution in [0, 0.1) is 5.41 Å². The molecular weight excluding hydrogens is 310 g/mol. The molecule has 0 amide bonds. The van der Waals surface area contributed by atoms with Crippen molar-refractivity contribution in [2.45, 2.75) is 79.2 Å². The Bertz CT molecular complexity index is 749. The Morgan fingerprint density at radius 1 is 1.24 bits per heavy atom. The molecule has 1 N–H and O–H groups in total. The van der Waals surface area contributed by atoms with Crippen LogP contribution in [0.5, 0.6) is 0 Å². The Kier molecular flexibility index (Phi) is 4.69. The van der Waals surface area contributed by atoms with Crippen molar-refractivity contribution in [2.24, 2.45) is 5.41 Å². The van der Waals surface area contributed by atoms with Gasteiger partial charge in [-0.05, 0) is 31.6 Å². The number of allylic oxidation sites excluding steroid dienone is 1. The van der Waals surface area contributed by atoms with Gasteiger partial charge in [0, 0.05) is 31.5 Å². The summed E-state index contributed by atoms with van der Waals surface area (Å²) in [5, 5.41) is 0. The fourth-order valence-electron chi connectivity index (χ4n) is 4.22. The van der Waals surface area contributed by atoms with Crippen LogP contribution in [0.25, 0.3) is 0 Å². The van der Waals surface area contributed by atoms with E-state index in [4.69, 9.17) is 4.98 Å². The molecule has 0 saturated heterocycles. The highest BCUT2D eigenvalue weighted by Gasteiger charge is 2.31. The molecule has 0 aromatic carbocycles. The highest BCUT2D eigenvalue weighted by Crippen LogP contribution is 2.40. The molecule has 138 valence electrons. The van der Waals surface area contributed by atoms with Crippen molar-refractivity contribution in [1.29, 1.82) is 0 Å². The van der Waals surface area contributed by atoms with E-state index in [1.165, 1.54) is 19.3 Å². The minimum absolute atomic E-state index is 0.0493. The Balaban J connectivity index is 1.84. The van der Waals surface area contributed by atoms with Gasteiger partial charge >= 0.3 is 0 Å². The molecule has 0 spiro atoms. The van der Waals surface area contributed by atoms with Crippen molar-refractivity contribution >= 4 is 0 Å². The van der Waals surface area contributed by atoms with Gasteiger partial charge in [0.1, 0.15) is 5.82 Å². The SMILES string of the molecule is CC1=C(CN2CCc3nc(C(C)(C)C)[nH]c(=O)c3C2)C(C)(C)CCC1. The molecule has 2 heterocycles. The molecule has 25 heavy (non-hydrogen) atoms. The third kappa shape index (κ3) is 3.74. The highest BCUT2D eigenvalue weighted by atomic mass is 16.1. The Hall–Kier alpha value is -1.42. The summed E-state index contributed by atoms with van der Waals surface area (Å²) >= 11 is 0. The first-order valence-corrected chi connectivity index (χ1v) is 9.62. The van der Waals surface area contributed by atoms with Crippen LogP contribution >= 0.6 is 0 Å². The van der Waals surface area contributed by atoms with E-state index in [-0.39, 0.29) is 16.4 Å². The van der Waals surface area contributed by atoms with E-state index in [1.54, 1.807) is 11.1 Å². The second kappa shape index (κ2) is 6.39. The Morgan fingerprint density at radius 2 is 1.96 bits per heavy atom. The minimum atomic E-state index is -0.126. The molecule has 4 heteroatoms. The highest BCUT2D eigenvalue weighted by molar-refractivity contribution is 5.26. The van der Waals surface area contributed by atoms with E-state index in [1.807, 2.05) is 0 Å². The maximum Gasteiger partial charge on any atom is 0.255 e. The maximum atomic E-state index is 12.6. The lowest BCUT2D eigenvalue weighted by Crippen LogP contribution is -2.40.